The van der Waals surface area contributed by atoms with Gasteiger partial charge < -0.3 is 4.74 Å². The number of pyridine rings is 1. The fourth-order valence-electron chi connectivity index (χ4n) is 2.18. The molecule has 26 heavy (non-hydrogen) atoms. The van der Waals surface area contributed by atoms with Crippen LogP contribution in [0.4, 0.5) is 5.82 Å². The van der Waals surface area contributed by atoms with Gasteiger partial charge in [0.15, 0.2) is 5.82 Å². The molecule has 0 aliphatic heterocycles. The molecule has 134 valence electrons. The second kappa shape index (κ2) is 10.3. The zero-order chi connectivity index (χ0) is 18.8. The summed E-state index contributed by atoms with van der Waals surface area (Å²) in [5, 5.41) is 15.7. The minimum absolute atomic E-state index is 0.182. The number of hydrazone groups is 1. The molecule has 2 rings (SSSR count). The van der Waals surface area contributed by atoms with Crippen LogP contribution in [0.15, 0.2) is 54.3 Å². The van der Waals surface area contributed by atoms with Crippen LogP contribution in [-0.2, 0) is 17.8 Å². The lowest BCUT2D eigenvalue weighted by Crippen LogP contribution is -2.21. The highest BCUT2D eigenvalue weighted by atomic mass is 35.5. The van der Waals surface area contributed by atoms with Gasteiger partial charge in [0.05, 0.1) is 18.2 Å². The summed E-state index contributed by atoms with van der Waals surface area (Å²) >= 11 is 6.30. The van der Waals surface area contributed by atoms with Crippen molar-refractivity contribution in [1.29, 1.82) is 5.26 Å². The molecule has 0 spiro atoms. The third-order valence-electron chi connectivity index (χ3n) is 3.63. The monoisotopic (exact) mass is 368 g/mol. The molecule has 0 bridgehead atoms. The fourth-order valence-corrected chi connectivity index (χ4v) is 2.44. The van der Waals surface area contributed by atoms with Crippen molar-refractivity contribution in [2.45, 2.75) is 26.4 Å². The molecule has 6 heteroatoms. The van der Waals surface area contributed by atoms with E-state index in [2.05, 4.69) is 29.7 Å². The van der Waals surface area contributed by atoms with Crippen LogP contribution in [0.25, 0.3) is 0 Å². The van der Waals surface area contributed by atoms with Crippen LogP contribution in [0.1, 0.15) is 30.0 Å². The lowest BCUT2D eigenvalue weighted by Gasteiger charge is -2.18. The summed E-state index contributed by atoms with van der Waals surface area (Å²) in [5.41, 5.74) is 2.61. The molecule has 0 saturated heterocycles. The minimum atomic E-state index is 0.182. The van der Waals surface area contributed by atoms with Gasteiger partial charge in [-0.1, -0.05) is 36.7 Å². The lowest BCUT2D eigenvalue weighted by atomic mass is 10.1. The standard InChI is InChI=1S/C20H21ClN4O/c1-3-5-9-24-25(20-12-17(13-22)8-10-23-20)15-26-14-18-7-6-16(4-2)11-19(18)21/h3,6-12H,1,4-5,14-15H2,2H3/b24-9-. The van der Waals surface area contributed by atoms with Crippen LogP contribution in [0.2, 0.25) is 5.02 Å². The molecule has 0 aliphatic rings. The summed E-state index contributed by atoms with van der Waals surface area (Å²) in [6.45, 7) is 6.29. The molecular weight excluding hydrogens is 348 g/mol. The number of rotatable bonds is 9. The van der Waals surface area contributed by atoms with Gasteiger partial charge in [0.1, 0.15) is 6.73 Å². The first-order valence-electron chi connectivity index (χ1n) is 8.30. The number of aromatic nitrogens is 1. The Bertz CT molecular complexity index is 814. The van der Waals surface area contributed by atoms with E-state index in [-0.39, 0.29) is 6.73 Å². The molecule has 0 unspecified atom stereocenters. The van der Waals surface area contributed by atoms with Crippen molar-refractivity contribution in [2.75, 3.05) is 11.7 Å². The Balaban J connectivity index is 2.07. The highest BCUT2D eigenvalue weighted by Gasteiger charge is 2.09. The first kappa shape index (κ1) is 19.6. The van der Waals surface area contributed by atoms with Gasteiger partial charge in [-0.15, -0.1) is 6.58 Å². The van der Waals surface area contributed by atoms with Crippen LogP contribution >= 0.6 is 11.6 Å². The molecule has 0 aliphatic carbocycles. The van der Waals surface area contributed by atoms with Crippen molar-refractivity contribution < 1.29 is 4.74 Å². The van der Waals surface area contributed by atoms with Crippen LogP contribution in [0.5, 0.6) is 0 Å². The van der Waals surface area contributed by atoms with E-state index in [0.717, 1.165) is 12.0 Å². The van der Waals surface area contributed by atoms with Gasteiger partial charge in [0.25, 0.3) is 0 Å². The SMILES string of the molecule is C=CC/C=N\N(COCc1ccc(CC)cc1Cl)c1cc(C#N)ccn1. The second-order valence-corrected chi connectivity index (χ2v) is 5.90. The highest BCUT2D eigenvalue weighted by molar-refractivity contribution is 6.31. The number of halogens is 1. The smallest absolute Gasteiger partial charge is 0.152 e. The largest absolute Gasteiger partial charge is 0.354 e. The van der Waals surface area contributed by atoms with E-state index >= 15 is 0 Å². The number of nitriles is 1. The third-order valence-corrected chi connectivity index (χ3v) is 3.98. The van der Waals surface area contributed by atoms with E-state index in [1.54, 1.807) is 35.6 Å². The number of allylic oxidation sites excluding steroid dienone is 1. The number of hydrogen-bond acceptors (Lipinski definition) is 5. The number of hydrogen-bond donors (Lipinski definition) is 0. The fraction of sp³-hybridized carbons (Fsp3) is 0.250. The van der Waals surface area contributed by atoms with Gasteiger partial charge in [0.2, 0.25) is 0 Å². The molecule has 5 nitrogen and oxygen atoms in total. The predicted molar refractivity (Wildman–Crippen MR) is 105 cm³/mol. The number of nitrogens with zero attached hydrogens (tertiary/aromatic N) is 4. The average Bonchev–Trinajstić information content (AvgIpc) is 2.68. The molecule has 0 fully saturated rings. The van der Waals surface area contributed by atoms with E-state index in [1.807, 2.05) is 18.2 Å². The van der Waals surface area contributed by atoms with Gasteiger partial charge in [-0.25, -0.2) is 9.99 Å². The van der Waals surface area contributed by atoms with Crippen molar-refractivity contribution in [2.24, 2.45) is 5.10 Å². The number of ether oxygens (including phenoxy) is 1. The molecular formula is C20H21ClN4O. The minimum Gasteiger partial charge on any atom is -0.354 e. The Labute approximate surface area is 159 Å². The van der Waals surface area contributed by atoms with Crippen molar-refractivity contribution >= 4 is 23.6 Å². The molecule has 1 aromatic carbocycles. The van der Waals surface area contributed by atoms with Crippen LogP contribution in [-0.4, -0.2) is 17.9 Å². The Morgan fingerprint density at radius 2 is 2.23 bits per heavy atom. The normalized spacial score (nSPS) is 10.7. The molecule has 1 aromatic heterocycles. The first-order valence-corrected chi connectivity index (χ1v) is 8.67. The van der Waals surface area contributed by atoms with Gasteiger partial charge >= 0.3 is 0 Å². The van der Waals surface area contributed by atoms with E-state index in [9.17, 15) is 0 Å². The van der Waals surface area contributed by atoms with Gasteiger partial charge in [-0.05, 0) is 29.7 Å². The topological polar surface area (TPSA) is 61.5 Å². The molecule has 2 aromatic rings. The van der Waals surface area contributed by atoms with Crippen molar-refractivity contribution in [3.8, 4) is 6.07 Å². The second-order valence-electron chi connectivity index (χ2n) is 5.49. The lowest BCUT2D eigenvalue weighted by molar-refractivity contribution is 0.121. The summed E-state index contributed by atoms with van der Waals surface area (Å²) in [6, 6.07) is 11.4. The van der Waals surface area contributed by atoms with Gasteiger partial charge in [0, 0.05) is 29.9 Å². The van der Waals surface area contributed by atoms with Gasteiger partial charge in [-0.2, -0.15) is 10.4 Å². The Kier molecular flexibility index (Phi) is 7.81. The van der Waals surface area contributed by atoms with E-state index in [0.29, 0.717) is 29.4 Å². The number of benzene rings is 1. The summed E-state index contributed by atoms with van der Waals surface area (Å²) < 4.78 is 5.77. The molecule has 0 atom stereocenters. The molecule has 0 saturated carbocycles. The van der Waals surface area contributed by atoms with Crippen LogP contribution < -0.4 is 5.01 Å². The summed E-state index contributed by atoms with van der Waals surface area (Å²) in [4.78, 5) is 4.26. The van der Waals surface area contributed by atoms with Crippen molar-refractivity contribution in [3.05, 3.63) is 70.9 Å². The van der Waals surface area contributed by atoms with Crippen LogP contribution in [0.3, 0.4) is 0 Å². The Morgan fingerprint density at radius 1 is 1.38 bits per heavy atom. The average molecular weight is 369 g/mol. The highest BCUT2D eigenvalue weighted by Crippen LogP contribution is 2.20. The number of anilines is 1. The van der Waals surface area contributed by atoms with E-state index < -0.39 is 0 Å². The Morgan fingerprint density at radius 3 is 2.92 bits per heavy atom. The number of aryl methyl sites for hydroxylation is 1. The molecule has 0 amide bonds. The molecule has 0 radical (unpaired) electrons. The zero-order valence-electron chi connectivity index (χ0n) is 14.7. The van der Waals surface area contributed by atoms with Gasteiger partial charge in [-0.3, -0.25) is 0 Å². The zero-order valence-corrected chi connectivity index (χ0v) is 15.5. The quantitative estimate of drug-likeness (QED) is 0.278. The first-order chi connectivity index (χ1) is 12.7. The summed E-state index contributed by atoms with van der Waals surface area (Å²) in [7, 11) is 0. The predicted octanol–water partition coefficient (Wildman–Crippen LogP) is 4.71. The van der Waals surface area contributed by atoms with Crippen molar-refractivity contribution in [1.82, 2.24) is 4.98 Å². The third kappa shape index (κ3) is 5.69. The molecule has 0 N–H and O–H groups in total. The maximum absolute atomic E-state index is 9.06. The van der Waals surface area contributed by atoms with Crippen LogP contribution in [0, 0.1) is 11.3 Å². The summed E-state index contributed by atoms with van der Waals surface area (Å²) in [6.07, 6.45) is 6.59. The molecule has 1 heterocycles. The maximum Gasteiger partial charge on any atom is 0.152 e. The van der Waals surface area contributed by atoms with E-state index in [1.165, 1.54) is 5.56 Å². The van der Waals surface area contributed by atoms with Crippen molar-refractivity contribution in [3.63, 3.8) is 0 Å². The summed E-state index contributed by atoms with van der Waals surface area (Å²) in [5.74, 6) is 0.539. The Hall–Kier alpha value is -2.68. The van der Waals surface area contributed by atoms with E-state index in [4.69, 9.17) is 21.6 Å². The maximum atomic E-state index is 9.06.